The van der Waals surface area contributed by atoms with Crippen LogP contribution in [0.25, 0.3) is 0 Å². The second-order valence-corrected chi connectivity index (χ2v) is 6.37. The molecule has 0 saturated carbocycles. The van der Waals surface area contributed by atoms with Crippen LogP contribution in [-0.4, -0.2) is 27.8 Å². The van der Waals surface area contributed by atoms with Gasteiger partial charge in [0.15, 0.2) is 10.6 Å². The lowest BCUT2D eigenvalue weighted by Crippen LogP contribution is -2.47. The van der Waals surface area contributed by atoms with Crippen LogP contribution in [0.1, 0.15) is 40.3 Å². The average molecular weight is 269 g/mol. The number of H-pyrrole nitrogens is 2. The Morgan fingerprint density at radius 2 is 2.06 bits per heavy atom. The Hall–Kier alpha value is -0.940. The first kappa shape index (κ1) is 15.1. The second-order valence-electron chi connectivity index (χ2n) is 5.96. The largest absolute Gasteiger partial charge is 0.337 e. The molecular formula is C13H23N3OS. The topological polar surface area (TPSA) is 60.7 Å². The third kappa shape index (κ3) is 4.38. The first-order chi connectivity index (χ1) is 8.20. The summed E-state index contributed by atoms with van der Waals surface area (Å²) in [5.41, 5.74) is 0.607. The molecule has 1 heterocycles. The van der Waals surface area contributed by atoms with Crippen molar-refractivity contribution in [1.29, 1.82) is 0 Å². The summed E-state index contributed by atoms with van der Waals surface area (Å²) in [5.74, 6) is 0.219. The van der Waals surface area contributed by atoms with Crippen molar-refractivity contribution in [1.82, 2.24) is 15.3 Å². The van der Waals surface area contributed by atoms with E-state index in [1.807, 2.05) is 40.8 Å². The van der Waals surface area contributed by atoms with E-state index in [1.165, 1.54) is 0 Å². The lowest BCUT2D eigenvalue weighted by atomic mass is 9.84. The molecule has 0 aliphatic heterocycles. The number of aromatic nitrogens is 2. The number of hydrogen-bond donors (Lipinski definition) is 3. The number of aromatic amines is 2. The highest BCUT2D eigenvalue weighted by Gasteiger charge is 2.30. The van der Waals surface area contributed by atoms with Crippen molar-refractivity contribution in [2.45, 2.75) is 53.1 Å². The fourth-order valence-electron chi connectivity index (χ4n) is 1.85. The third-order valence-corrected chi connectivity index (χ3v) is 2.89. The number of ketones is 1. The number of Topliss-reactive ketones (excluding diaryl/α,β-unsaturated/α-hetero) is 1. The standard InChI is InChI=1S/C13H23N3OS/c1-8(2)15-10(11(17)13(3,4)5)6-9-7-14-12(18)16-9/h7-8,10,15H,6H2,1-5H3,(H2,14,16,18)/t10-/m0/s1. The first-order valence-corrected chi connectivity index (χ1v) is 6.68. The third-order valence-electron chi connectivity index (χ3n) is 2.67. The number of hydrogen-bond acceptors (Lipinski definition) is 3. The lowest BCUT2D eigenvalue weighted by molar-refractivity contribution is -0.128. The zero-order valence-electron chi connectivity index (χ0n) is 11.8. The van der Waals surface area contributed by atoms with Crippen LogP contribution < -0.4 is 5.32 Å². The first-order valence-electron chi connectivity index (χ1n) is 6.27. The van der Waals surface area contributed by atoms with Crippen LogP contribution in [-0.2, 0) is 11.2 Å². The summed E-state index contributed by atoms with van der Waals surface area (Å²) in [6, 6.07) is 0.0784. The fourth-order valence-corrected chi connectivity index (χ4v) is 2.04. The highest BCUT2D eigenvalue weighted by Crippen LogP contribution is 2.19. The van der Waals surface area contributed by atoms with Crippen molar-refractivity contribution >= 4 is 18.0 Å². The highest BCUT2D eigenvalue weighted by atomic mass is 32.1. The van der Waals surface area contributed by atoms with Gasteiger partial charge in [-0.15, -0.1) is 0 Å². The molecule has 0 aromatic carbocycles. The summed E-state index contributed by atoms with van der Waals surface area (Å²) in [4.78, 5) is 18.4. The molecule has 1 aromatic rings. The van der Waals surface area contributed by atoms with E-state index in [0.29, 0.717) is 11.2 Å². The van der Waals surface area contributed by atoms with Gasteiger partial charge in [-0.3, -0.25) is 4.79 Å². The van der Waals surface area contributed by atoms with Crippen LogP contribution in [0.3, 0.4) is 0 Å². The normalized spacial score (nSPS) is 13.9. The molecular weight excluding hydrogens is 246 g/mol. The quantitative estimate of drug-likeness (QED) is 0.720. The zero-order chi connectivity index (χ0) is 13.9. The second kappa shape index (κ2) is 5.80. The Balaban J connectivity index is 2.85. The van der Waals surface area contributed by atoms with Gasteiger partial charge in [0.05, 0.1) is 6.04 Å². The predicted molar refractivity (Wildman–Crippen MR) is 76.2 cm³/mol. The molecule has 0 radical (unpaired) electrons. The molecule has 102 valence electrons. The SMILES string of the molecule is CC(C)N[C@@H](Cc1c[nH]c(=S)[nH]1)C(=O)C(C)(C)C. The highest BCUT2D eigenvalue weighted by molar-refractivity contribution is 7.71. The van der Waals surface area contributed by atoms with Gasteiger partial charge in [-0.25, -0.2) is 0 Å². The molecule has 0 fully saturated rings. The summed E-state index contributed by atoms with van der Waals surface area (Å²) in [7, 11) is 0. The zero-order valence-corrected chi connectivity index (χ0v) is 12.6. The van der Waals surface area contributed by atoms with E-state index in [-0.39, 0.29) is 23.3 Å². The van der Waals surface area contributed by atoms with Gasteiger partial charge in [-0.05, 0) is 12.2 Å². The van der Waals surface area contributed by atoms with E-state index in [0.717, 1.165) is 5.69 Å². The van der Waals surface area contributed by atoms with Crippen molar-refractivity contribution in [3.63, 3.8) is 0 Å². The van der Waals surface area contributed by atoms with Crippen molar-refractivity contribution in [2.75, 3.05) is 0 Å². The Labute approximate surface area is 114 Å². The van der Waals surface area contributed by atoms with Crippen molar-refractivity contribution in [2.24, 2.45) is 5.41 Å². The van der Waals surface area contributed by atoms with Gasteiger partial charge in [0.1, 0.15) is 0 Å². The van der Waals surface area contributed by atoms with Gasteiger partial charge in [0.25, 0.3) is 0 Å². The monoisotopic (exact) mass is 269 g/mol. The molecule has 5 heteroatoms. The minimum atomic E-state index is -0.348. The molecule has 0 saturated heterocycles. The maximum atomic E-state index is 12.4. The molecule has 0 unspecified atom stereocenters. The number of rotatable bonds is 5. The molecule has 1 atom stereocenters. The summed E-state index contributed by atoms with van der Waals surface area (Å²) < 4.78 is 0.594. The van der Waals surface area contributed by atoms with Crippen LogP contribution in [0, 0.1) is 10.2 Å². The minimum Gasteiger partial charge on any atom is -0.337 e. The van der Waals surface area contributed by atoms with Crippen molar-refractivity contribution in [3.8, 4) is 0 Å². The van der Waals surface area contributed by atoms with Gasteiger partial charge in [-0.2, -0.15) is 0 Å². The molecule has 0 aliphatic carbocycles. The Morgan fingerprint density at radius 3 is 2.44 bits per heavy atom. The molecule has 0 aliphatic rings. The summed E-state index contributed by atoms with van der Waals surface area (Å²) in [6.45, 7) is 9.93. The lowest BCUT2D eigenvalue weighted by Gasteiger charge is -2.26. The number of carbonyl (C=O) groups is 1. The van der Waals surface area contributed by atoms with Gasteiger partial charge in [0, 0.05) is 29.8 Å². The van der Waals surface area contributed by atoms with E-state index in [2.05, 4.69) is 15.3 Å². The van der Waals surface area contributed by atoms with E-state index in [4.69, 9.17) is 12.2 Å². The number of carbonyl (C=O) groups excluding carboxylic acids is 1. The number of imidazole rings is 1. The number of nitrogens with one attached hydrogen (secondary N) is 3. The molecule has 18 heavy (non-hydrogen) atoms. The van der Waals surface area contributed by atoms with Crippen LogP contribution in [0.2, 0.25) is 0 Å². The molecule has 0 bridgehead atoms. The van der Waals surface area contributed by atoms with E-state index in [9.17, 15) is 4.79 Å². The molecule has 0 spiro atoms. The van der Waals surface area contributed by atoms with Crippen LogP contribution in [0.5, 0.6) is 0 Å². The van der Waals surface area contributed by atoms with E-state index < -0.39 is 0 Å². The average Bonchev–Trinajstić information content (AvgIpc) is 2.60. The van der Waals surface area contributed by atoms with Crippen molar-refractivity contribution in [3.05, 3.63) is 16.7 Å². The maximum Gasteiger partial charge on any atom is 0.174 e. The fraction of sp³-hybridized carbons (Fsp3) is 0.692. The van der Waals surface area contributed by atoms with Gasteiger partial charge in [0.2, 0.25) is 0 Å². The van der Waals surface area contributed by atoms with Crippen LogP contribution in [0.4, 0.5) is 0 Å². The van der Waals surface area contributed by atoms with Gasteiger partial charge < -0.3 is 15.3 Å². The molecule has 1 rings (SSSR count). The predicted octanol–water partition coefficient (Wildman–Crippen LogP) is 2.60. The van der Waals surface area contributed by atoms with Gasteiger partial charge in [-0.1, -0.05) is 34.6 Å². The Morgan fingerprint density at radius 1 is 1.44 bits per heavy atom. The molecule has 0 amide bonds. The molecule has 3 N–H and O–H groups in total. The van der Waals surface area contributed by atoms with Crippen molar-refractivity contribution < 1.29 is 4.79 Å². The van der Waals surface area contributed by atoms with Crippen LogP contribution in [0.15, 0.2) is 6.20 Å². The molecule has 4 nitrogen and oxygen atoms in total. The van der Waals surface area contributed by atoms with Crippen LogP contribution >= 0.6 is 12.2 Å². The summed E-state index contributed by atoms with van der Waals surface area (Å²) in [6.07, 6.45) is 2.45. The maximum absolute atomic E-state index is 12.4. The Bertz CT molecular complexity index is 453. The van der Waals surface area contributed by atoms with E-state index >= 15 is 0 Å². The molecule has 1 aromatic heterocycles. The summed E-state index contributed by atoms with van der Waals surface area (Å²) in [5, 5.41) is 3.33. The smallest absolute Gasteiger partial charge is 0.174 e. The van der Waals surface area contributed by atoms with Gasteiger partial charge >= 0.3 is 0 Å². The van der Waals surface area contributed by atoms with E-state index in [1.54, 1.807) is 0 Å². The minimum absolute atomic E-state index is 0.188. The summed E-state index contributed by atoms with van der Waals surface area (Å²) >= 11 is 5.00. The Kier molecular flexibility index (Phi) is 4.87.